The summed E-state index contributed by atoms with van der Waals surface area (Å²) in [6, 6.07) is 13.9. The molecular formula is C16H15FN4O. The van der Waals surface area contributed by atoms with E-state index in [2.05, 4.69) is 15.4 Å². The Morgan fingerprint density at radius 2 is 1.91 bits per heavy atom. The number of aromatic nitrogens is 3. The van der Waals surface area contributed by atoms with Gasteiger partial charge in [0.05, 0.1) is 6.61 Å². The van der Waals surface area contributed by atoms with Crippen LogP contribution in [0.2, 0.25) is 0 Å². The Labute approximate surface area is 126 Å². The first-order chi connectivity index (χ1) is 10.7. The van der Waals surface area contributed by atoms with Gasteiger partial charge >= 0.3 is 0 Å². The van der Waals surface area contributed by atoms with E-state index in [0.717, 1.165) is 16.9 Å². The molecule has 0 radical (unpaired) electrons. The fraction of sp³-hybridized carbons (Fsp3) is 0.125. The van der Waals surface area contributed by atoms with Crippen molar-refractivity contribution in [3.63, 3.8) is 0 Å². The van der Waals surface area contributed by atoms with E-state index in [1.54, 1.807) is 12.1 Å². The van der Waals surface area contributed by atoms with Crippen molar-refractivity contribution in [3.8, 4) is 17.0 Å². The molecule has 0 fully saturated rings. The van der Waals surface area contributed by atoms with Crippen LogP contribution in [0, 0.1) is 5.82 Å². The Kier molecular flexibility index (Phi) is 4.00. The van der Waals surface area contributed by atoms with E-state index in [9.17, 15) is 4.39 Å². The first-order valence-corrected chi connectivity index (χ1v) is 6.86. The Balaban J connectivity index is 1.63. The summed E-state index contributed by atoms with van der Waals surface area (Å²) in [6.07, 6.45) is 0.705. The Bertz CT molecular complexity index is 755. The van der Waals surface area contributed by atoms with Gasteiger partial charge in [0.1, 0.15) is 17.3 Å². The smallest absolute Gasteiger partial charge is 0.173 e. The van der Waals surface area contributed by atoms with Gasteiger partial charge in [-0.25, -0.2) is 4.39 Å². The van der Waals surface area contributed by atoms with E-state index >= 15 is 0 Å². The minimum atomic E-state index is -0.234. The predicted octanol–water partition coefficient (Wildman–Crippen LogP) is 2.81. The molecule has 0 aliphatic heterocycles. The van der Waals surface area contributed by atoms with Gasteiger partial charge in [-0.3, -0.25) is 0 Å². The molecule has 0 bridgehead atoms. The highest BCUT2D eigenvalue weighted by Gasteiger charge is 2.07. The van der Waals surface area contributed by atoms with Crippen LogP contribution in [0.1, 0.15) is 5.56 Å². The lowest BCUT2D eigenvalue weighted by molar-refractivity contribution is 0.322. The maximum atomic E-state index is 12.8. The number of rotatable bonds is 5. The molecule has 22 heavy (non-hydrogen) atoms. The summed E-state index contributed by atoms with van der Waals surface area (Å²) in [5.41, 5.74) is 8.20. The van der Waals surface area contributed by atoms with Crippen LogP contribution in [0.25, 0.3) is 11.3 Å². The van der Waals surface area contributed by atoms with Crippen molar-refractivity contribution in [1.29, 1.82) is 0 Å². The zero-order valence-corrected chi connectivity index (χ0v) is 11.8. The molecule has 5 nitrogen and oxygen atoms in total. The molecule has 3 rings (SSSR count). The van der Waals surface area contributed by atoms with E-state index in [1.165, 1.54) is 12.1 Å². The second-order valence-electron chi connectivity index (χ2n) is 4.81. The average Bonchev–Trinajstić information content (AvgIpc) is 2.96. The van der Waals surface area contributed by atoms with Crippen LogP contribution in [-0.2, 0) is 6.42 Å². The molecule has 3 N–H and O–H groups in total. The number of hydrogen-bond donors (Lipinski definition) is 2. The van der Waals surface area contributed by atoms with E-state index in [1.807, 2.05) is 24.3 Å². The van der Waals surface area contributed by atoms with E-state index < -0.39 is 0 Å². The predicted molar refractivity (Wildman–Crippen MR) is 81.8 cm³/mol. The third-order valence-electron chi connectivity index (χ3n) is 3.26. The van der Waals surface area contributed by atoms with Gasteiger partial charge in [-0.1, -0.05) is 24.3 Å². The van der Waals surface area contributed by atoms with Crippen molar-refractivity contribution in [3.05, 3.63) is 59.9 Å². The number of aromatic amines is 1. The molecule has 112 valence electrons. The van der Waals surface area contributed by atoms with Crippen LogP contribution < -0.4 is 10.5 Å². The molecule has 1 aromatic heterocycles. The number of hydrogen-bond acceptors (Lipinski definition) is 4. The first kappa shape index (κ1) is 14.1. The van der Waals surface area contributed by atoms with Gasteiger partial charge in [0.2, 0.25) is 0 Å². The van der Waals surface area contributed by atoms with Gasteiger partial charge in [-0.2, -0.15) is 10.3 Å². The molecule has 2 aromatic carbocycles. The lowest BCUT2D eigenvalue weighted by Crippen LogP contribution is -2.01. The van der Waals surface area contributed by atoms with Gasteiger partial charge in [0.25, 0.3) is 0 Å². The van der Waals surface area contributed by atoms with Crippen molar-refractivity contribution in [2.75, 3.05) is 12.3 Å². The monoisotopic (exact) mass is 298 g/mol. The van der Waals surface area contributed by atoms with Crippen LogP contribution in [0.3, 0.4) is 0 Å². The van der Waals surface area contributed by atoms with Gasteiger partial charge in [-0.05, 0) is 29.8 Å². The van der Waals surface area contributed by atoms with Crippen LogP contribution in [0.15, 0.2) is 48.5 Å². The molecule has 0 saturated carbocycles. The molecular weight excluding hydrogens is 283 g/mol. The lowest BCUT2D eigenvalue weighted by atomic mass is 10.1. The largest absolute Gasteiger partial charge is 0.493 e. The Morgan fingerprint density at radius 1 is 1.09 bits per heavy atom. The molecule has 1 heterocycles. The van der Waals surface area contributed by atoms with Gasteiger partial charge < -0.3 is 10.5 Å². The summed E-state index contributed by atoms with van der Waals surface area (Å²) in [6.45, 7) is 0.503. The summed E-state index contributed by atoms with van der Waals surface area (Å²) in [5, 5.41) is 10.3. The molecule has 0 atom stereocenters. The molecule has 0 unspecified atom stereocenters. The average molecular weight is 298 g/mol. The minimum Gasteiger partial charge on any atom is -0.493 e. The number of H-pyrrole nitrogens is 1. The third-order valence-corrected chi connectivity index (χ3v) is 3.26. The normalized spacial score (nSPS) is 10.6. The summed E-state index contributed by atoms with van der Waals surface area (Å²) in [5.74, 6) is 0.841. The van der Waals surface area contributed by atoms with Crippen molar-refractivity contribution < 1.29 is 9.13 Å². The minimum absolute atomic E-state index is 0.234. The second-order valence-corrected chi connectivity index (χ2v) is 4.81. The maximum Gasteiger partial charge on any atom is 0.173 e. The summed E-state index contributed by atoms with van der Waals surface area (Å²) in [7, 11) is 0. The number of benzene rings is 2. The molecule has 6 heteroatoms. The van der Waals surface area contributed by atoms with Gasteiger partial charge in [0, 0.05) is 12.0 Å². The number of ether oxygens (including phenoxy) is 1. The van der Waals surface area contributed by atoms with Crippen LogP contribution in [0.5, 0.6) is 5.75 Å². The second kappa shape index (κ2) is 6.26. The van der Waals surface area contributed by atoms with Crippen LogP contribution in [0.4, 0.5) is 10.2 Å². The molecule has 3 aromatic rings. The van der Waals surface area contributed by atoms with Crippen LogP contribution >= 0.6 is 0 Å². The summed E-state index contributed by atoms with van der Waals surface area (Å²) >= 11 is 0. The SMILES string of the molecule is Nc1n[nH]nc1-c1cccc(OCCc2ccc(F)cc2)c1. The van der Waals surface area contributed by atoms with Crippen molar-refractivity contribution in [1.82, 2.24) is 15.4 Å². The van der Waals surface area contributed by atoms with Gasteiger partial charge in [-0.15, -0.1) is 5.10 Å². The standard InChI is InChI=1S/C16H15FN4O/c17-13-6-4-11(5-7-13)8-9-22-14-3-1-2-12(10-14)15-16(18)20-21-19-15/h1-7,10H,8-9H2,(H3,18,19,20,21). The number of nitrogen functional groups attached to an aromatic ring is 1. The fourth-order valence-corrected chi connectivity index (χ4v) is 2.12. The quantitative estimate of drug-likeness (QED) is 0.759. The number of anilines is 1. The third kappa shape index (κ3) is 3.22. The summed E-state index contributed by atoms with van der Waals surface area (Å²) < 4.78 is 18.6. The van der Waals surface area contributed by atoms with Crippen molar-refractivity contribution in [2.24, 2.45) is 0 Å². The van der Waals surface area contributed by atoms with E-state index in [-0.39, 0.29) is 5.82 Å². The molecule has 0 saturated heterocycles. The zero-order chi connectivity index (χ0) is 15.4. The Morgan fingerprint density at radius 3 is 2.64 bits per heavy atom. The van der Waals surface area contributed by atoms with Crippen molar-refractivity contribution >= 4 is 5.82 Å². The zero-order valence-electron chi connectivity index (χ0n) is 11.8. The molecule has 0 spiro atoms. The fourth-order valence-electron chi connectivity index (χ4n) is 2.12. The molecule has 0 aliphatic rings. The van der Waals surface area contributed by atoms with Crippen LogP contribution in [-0.4, -0.2) is 22.0 Å². The number of nitrogens with one attached hydrogen (secondary N) is 1. The number of nitrogens with zero attached hydrogens (tertiary/aromatic N) is 2. The molecule has 0 aliphatic carbocycles. The maximum absolute atomic E-state index is 12.8. The topological polar surface area (TPSA) is 76.8 Å². The Hall–Kier alpha value is -2.89. The number of halogens is 1. The lowest BCUT2D eigenvalue weighted by Gasteiger charge is -2.07. The van der Waals surface area contributed by atoms with Gasteiger partial charge in [0.15, 0.2) is 5.82 Å². The molecule has 0 amide bonds. The number of nitrogens with two attached hydrogens (primary N) is 1. The highest BCUT2D eigenvalue weighted by molar-refractivity contribution is 5.70. The highest BCUT2D eigenvalue weighted by atomic mass is 19.1. The first-order valence-electron chi connectivity index (χ1n) is 6.86. The van der Waals surface area contributed by atoms with E-state index in [0.29, 0.717) is 24.5 Å². The van der Waals surface area contributed by atoms with E-state index in [4.69, 9.17) is 10.5 Å². The highest BCUT2D eigenvalue weighted by Crippen LogP contribution is 2.25. The summed E-state index contributed by atoms with van der Waals surface area (Å²) in [4.78, 5) is 0. The van der Waals surface area contributed by atoms with Crippen molar-refractivity contribution in [2.45, 2.75) is 6.42 Å².